The molecule has 2 aromatic carbocycles. The molecule has 2 aliphatic carbocycles. The number of anilines is 1. The summed E-state index contributed by atoms with van der Waals surface area (Å²) in [5.74, 6) is -2.19. The average Bonchev–Trinajstić information content (AvgIpc) is 3.64. The third-order valence-electron chi connectivity index (χ3n) is 8.37. The number of nitrogens with one attached hydrogen (secondary N) is 2. The molecule has 2 amide bonds. The van der Waals surface area contributed by atoms with Crippen LogP contribution < -0.4 is 10.6 Å². The normalized spacial score (nSPS) is 22.2. The van der Waals surface area contributed by atoms with Crippen molar-refractivity contribution in [2.75, 3.05) is 11.6 Å². The highest BCUT2D eigenvalue weighted by Crippen LogP contribution is 2.43. The smallest absolute Gasteiger partial charge is 0.382 e. The van der Waals surface area contributed by atoms with Gasteiger partial charge in [-0.25, -0.2) is 12.8 Å². The van der Waals surface area contributed by atoms with Crippen molar-refractivity contribution in [2.45, 2.75) is 87.1 Å². The summed E-state index contributed by atoms with van der Waals surface area (Å²) < 4.78 is 78.7. The molecule has 1 saturated heterocycles. The number of likely N-dealkylation sites (tertiary alicyclic amines) is 1. The first-order valence-electron chi connectivity index (χ1n) is 13.8. The second kappa shape index (κ2) is 10.9. The molecule has 2 aromatic rings. The molecule has 12 heteroatoms. The maximum Gasteiger partial charge on any atom is 0.416 e. The Bertz CT molecular complexity index is 1450. The minimum atomic E-state index is -4.70. The number of sulfone groups is 1. The highest BCUT2D eigenvalue weighted by molar-refractivity contribution is 7.90. The SMILES string of the molecule is C[C@H]1CC[C@H](C(=O)N[C@@H](c2ccc(C(F)(F)F)cc2F)C2CC2)N1C(=O)c1cc(S(C)(=O)=O)ccc1NC1CCC1. The molecule has 0 radical (unpaired) electrons. The fourth-order valence-electron chi connectivity index (χ4n) is 5.64. The van der Waals surface area contributed by atoms with Crippen molar-refractivity contribution in [2.24, 2.45) is 5.92 Å². The average molecular weight is 596 g/mol. The molecule has 0 bridgehead atoms. The van der Waals surface area contributed by atoms with Gasteiger partial charge in [-0.05, 0) is 88.1 Å². The summed E-state index contributed by atoms with van der Waals surface area (Å²) in [5.41, 5.74) is -0.485. The van der Waals surface area contributed by atoms with Crippen LogP contribution in [-0.4, -0.2) is 49.5 Å². The standard InChI is InChI=1S/C29H33F4N3O4S/c1-16-6-13-25(27(37)35-26(17-7-8-17)21-11-9-18(14-23(21)30)29(31,32)33)36(16)28(38)22-15-20(41(2,39)40)10-12-24(22)34-19-4-3-5-19/h9-12,14-17,19,25-26,34H,3-8,13H2,1-2H3,(H,35,37)/t16-,25+,26+/m0/s1. The summed E-state index contributed by atoms with van der Waals surface area (Å²) in [7, 11) is -3.61. The van der Waals surface area contributed by atoms with Gasteiger partial charge in [-0.15, -0.1) is 0 Å². The molecule has 3 atom stereocenters. The summed E-state index contributed by atoms with van der Waals surface area (Å²) in [5, 5.41) is 6.15. The van der Waals surface area contributed by atoms with Crippen LogP contribution in [0.3, 0.4) is 0 Å². The molecule has 7 nitrogen and oxygen atoms in total. The summed E-state index contributed by atoms with van der Waals surface area (Å²) in [4.78, 5) is 29.0. The van der Waals surface area contributed by atoms with Crippen molar-refractivity contribution in [3.8, 4) is 0 Å². The maximum atomic E-state index is 14.9. The second-order valence-corrected chi connectivity index (χ2v) is 13.5. The molecule has 1 heterocycles. The predicted octanol–water partition coefficient (Wildman–Crippen LogP) is 5.47. The fourth-order valence-corrected chi connectivity index (χ4v) is 6.28. The van der Waals surface area contributed by atoms with Crippen LogP contribution in [0.25, 0.3) is 0 Å². The number of amides is 2. The zero-order valence-electron chi connectivity index (χ0n) is 22.8. The van der Waals surface area contributed by atoms with Crippen LogP contribution in [0.5, 0.6) is 0 Å². The Morgan fingerprint density at radius 2 is 1.71 bits per heavy atom. The predicted molar refractivity (Wildman–Crippen MR) is 144 cm³/mol. The van der Waals surface area contributed by atoms with E-state index < -0.39 is 51.3 Å². The highest BCUT2D eigenvalue weighted by Gasteiger charge is 2.43. The molecule has 0 spiro atoms. The molecule has 222 valence electrons. The van der Waals surface area contributed by atoms with E-state index in [2.05, 4.69) is 10.6 Å². The minimum Gasteiger partial charge on any atom is -0.382 e. The molecule has 3 fully saturated rings. The molecule has 5 rings (SSSR count). The van der Waals surface area contributed by atoms with E-state index in [0.717, 1.165) is 37.7 Å². The number of hydrogen-bond acceptors (Lipinski definition) is 5. The Morgan fingerprint density at radius 1 is 1.00 bits per heavy atom. The largest absolute Gasteiger partial charge is 0.416 e. The number of alkyl halides is 3. The number of halogens is 4. The van der Waals surface area contributed by atoms with E-state index in [4.69, 9.17) is 0 Å². The summed E-state index contributed by atoms with van der Waals surface area (Å²) in [6.07, 6.45) is 1.49. The van der Waals surface area contributed by atoms with Gasteiger partial charge in [0.1, 0.15) is 11.9 Å². The lowest BCUT2D eigenvalue weighted by atomic mass is 9.92. The summed E-state index contributed by atoms with van der Waals surface area (Å²) >= 11 is 0. The third kappa shape index (κ3) is 6.22. The van der Waals surface area contributed by atoms with Gasteiger partial charge < -0.3 is 15.5 Å². The topological polar surface area (TPSA) is 95.6 Å². The quantitative estimate of drug-likeness (QED) is 0.395. The molecular formula is C29H33F4N3O4S. The Morgan fingerprint density at radius 3 is 2.27 bits per heavy atom. The van der Waals surface area contributed by atoms with Crippen molar-refractivity contribution in [1.82, 2.24) is 10.2 Å². The Hall–Kier alpha value is -3.15. The highest BCUT2D eigenvalue weighted by atomic mass is 32.2. The van der Waals surface area contributed by atoms with Gasteiger partial charge in [0.25, 0.3) is 5.91 Å². The van der Waals surface area contributed by atoms with Crippen molar-refractivity contribution < 1.29 is 35.6 Å². The van der Waals surface area contributed by atoms with Gasteiger partial charge >= 0.3 is 6.18 Å². The first-order chi connectivity index (χ1) is 19.2. The maximum absolute atomic E-state index is 14.9. The number of nitrogens with zero attached hydrogens (tertiary/aromatic N) is 1. The van der Waals surface area contributed by atoms with Crippen molar-refractivity contribution in [1.29, 1.82) is 0 Å². The van der Waals surface area contributed by atoms with Crippen LogP contribution in [0.2, 0.25) is 0 Å². The zero-order chi connectivity index (χ0) is 29.7. The number of rotatable bonds is 8. The molecule has 0 aromatic heterocycles. The van der Waals surface area contributed by atoms with E-state index in [-0.39, 0.29) is 34.0 Å². The number of carbonyl (C=O) groups is 2. The Labute approximate surface area is 236 Å². The Kier molecular flexibility index (Phi) is 7.82. The molecule has 2 saturated carbocycles. The van der Waals surface area contributed by atoms with Gasteiger partial charge in [0, 0.05) is 29.6 Å². The van der Waals surface area contributed by atoms with Crippen LogP contribution in [0.15, 0.2) is 41.3 Å². The lowest BCUT2D eigenvalue weighted by Crippen LogP contribution is -2.49. The van der Waals surface area contributed by atoms with Crippen LogP contribution in [0.1, 0.15) is 79.4 Å². The van der Waals surface area contributed by atoms with E-state index in [1.807, 2.05) is 0 Å². The first-order valence-corrected chi connectivity index (χ1v) is 15.7. The van der Waals surface area contributed by atoms with Gasteiger partial charge in [0.15, 0.2) is 9.84 Å². The summed E-state index contributed by atoms with van der Waals surface area (Å²) in [6.45, 7) is 1.80. The van der Waals surface area contributed by atoms with Crippen LogP contribution in [0, 0.1) is 11.7 Å². The third-order valence-corrected chi connectivity index (χ3v) is 9.48. The second-order valence-electron chi connectivity index (χ2n) is 11.5. The van der Waals surface area contributed by atoms with E-state index in [0.29, 0.717) is 37.4 Å². The number of hydrogen-bond donors (Lipinski definition) is 2. The van der Waals surface area contributed by atoms with E-state index in [9.17, 15) is 35.6 Å². The minimum absolute atomic E-state index is 0.0144. The van der Waals surface area contributed by atoms with E-state index in [1.165, 1.54) is 17.0 Å². The number of carbonyl (C=O) groups excluding carboxylic acids is 2. The van der Waals surface area contributed by atoms with E-state index >= 15 is 0 Å². The lowest BCUT2D eigenvalue weighted by Gasteiger charge is -2.32. The van der Waals surface area contributed by atoms with Crippen molar-refractivity contribution in [3.05, 3.63) is 58.9 Å². The van der Waals surface area contributed by atoms with Gasteiger partial charge in [0.05, 0.1) is 22.1 Å². The molecule has 0 unspecified atom stereocenters. The molecule has 2 N–H and O–H groups in total. The molecular weight excluding hydrogens is 562 g/mol. The Balaban J connectivity index is 1.42. The van der Waals surface area contributed by atoms with Crippen LogP contribution in [-0.2, 0) is 20.8 Å². The summed E-state index contributed by atoms with van der Waals surface area (Å²) in [6, 6.07) is 4.76. The monoisotopic (exact) mass is 595 g/mol. The fraction of sp³-hybridized carbons (Fsp3) is 0.517. The molecule has 1 aliphatic heterocycles. The van der Waals surface area contributed by atoms with Gasteiger partial charge in [-0.1, -0.05) is 6.07 Å². The van der Waals surface area contributed by atoms with Gasteiger partial charge in [0.2, 0.25) is 5.91 Å². The van der Waals surface area contributed by atoms with Crippen LogP contribution in [0.4, 0.5) is 23.2 Å². The van der Waals surface area contributed by atoms with Crippen molar-refractivity contribution in [3.63, 3.8) is 0 Å². The van der Waals surface area contributed by atoms with Gasteiger partial charge in [-0.3, -0.25) is 9.59 Å². The van der Waals surface area contributed by atoms with Crippen molar-refractivity contribution >= 4 is 27.3 Å². The lowest BCUT2D eigenvalue weighted by molar-refractivity contribution is -0.137. The molecule has 3 aliphatic rings. The van der Waals surface area contributed by atoms with Crippen LogP contribution >= 0.6 is 0 Å². The zero-order valence-corrected chi connectivity index (χ0v) is 23.6. The molecule has 41 heavy (non-hydrogen) atoms. The van der Waals surface area contributed by atoms with E-state index in [1.54, 1.807) is 13.0 Å². The van der Waals surface area contributed by atoms with Gasteiger partial charge in [-0.2, -0.15) is 13.2 Å². The number of benzene rings is 2. The first kappa shape index (κ1) is 29.3.